The van der Waals surface area contributed by atoms with Crippen molar-refractivity contribution in [1.29, 1.82) is 0 Å². The maximum atomic E-state index is 14.5. The van der Waals surface area contributed by atoms with E-state index >= 15 is 0 Å². The van der Waals surface area contributed by atoms with Crippen molar-refractivity contribution < 1.29 is 9.13 Å². The first-order chi connectivity index (χ1) is 12.3. The third-order valence-electron chi connectivity index (χ3n) is 4.48. The van der Waals surface area contributed by atoms with E-state index in [0.717, 1.165) is 41.8 Å². The van der Waals surface area contributed by atoms with Crippen molar-refractivity contribution in [2.45, 2.75) is 31.6 Å². The molecule has 1 aromatic carbocycles. The van der Waals surface area contributed by atoms with Crippen molar-refractivity contribution >= 4 is 11.9 Å². The van der Waals surface area contributed by atoms with Gasteiger partial charge in [-0.25, -0.2) is 4.39 Å². The first-order valence-electron chi connectivity index (χ1n) is 8.65. The molecule has 1 aliphatic heterocycles. The van der Waals surface area contributed by atoms with Gasteiger partial charge in [0.05, 0.1) is 24.2 Å². The Kier molecular flexibility index (Phi) is 4.46. The molecule has 4 rings (SSSR count). The molecule has 0 radical (unpaired) electrons. The number of nitrogens with one attached hydrogen (secondary N) is 1. The molecule has 1 fully saturated rings. The molecule has 2 heterocycles. The van der Waals surface area contributed by atoms with Crippen LogP contribution in [0.25, 0.3) is 5.70 Å². The van der Waals surface area contributed by atoms with Gasteiger partial charge in [0.25, 0.3) is 0 Å². The van der Waals surface area contributed by atoms with E-state index in [4.69, 9.17) is 4.74 Å². The Morgan fingerprint density at radius 3 is 2.84 bits per heavy atom. The predicted octanol–water partition coefficient (Wildman–Crippen LogP) is 4.04. The van der Waals surface area contributed by atoms with Gasteiger partial charge in [-0.1, -0.05) is 24.3 Å². The normalized spacial score (nSPS) is 16.3. The molecule has 0 unspecified atom stereocenters. The molecule has 0 atom stereocenters. The highest BCUT2D eigenvalue weighted by Gasteiger charge is 2.27. The summed E-state index contributed by atoms with van der Waals surface area (Å²) >= 11 is 0. The third-order valence-corrected chi connectivity index (χ3v) is 4.48. The summed E-state index contributed by atoms with van der Waals surface area (Å²) in [5, 5.41) is 4.02. The summed E-state index contributed by atoms with van der Waals surface area (Å²) in [7, 11) is 0. The van der Waals surface area contributed by atoms with Crippen molar-refractivity contribution in [3.05, 3.63) is 65.2 Å². The second kappa shape index (κ2) is 7.05. The highest BCUT2D eigenvalue weighted by molar-refractivity contribution is 5.71. The minimum Gasteiger partial charge on any atom is -0.492 e. The molecule has 0 spiro atoms. The number of hydrogen-bond donors (Lipinski definition) is 1. The quantitative estimate of drug-likeness (QED) is 0.865. The van der Waals surface area contributed by atoms with E-state index in [-0.39, 0.29) is 5.82 Å². The summed E-state index contributed by atoms with van der Waals surface area (Å²) in [6.45, 7) is 0.428. The highest BCUT2D eigenvalue weighted by Crippen LogP contribution is 2.41. The van der Waals surface area contributed by atoms with Gasteiger partial charge in [0, 0.05) is 19.1 Å². The molecule has 1 aliphatic carbocycles. The molecule has 128 valence electrons. The lowest BCUT2D eigenvalue weighted by Crippen LogP contribution is -2.10. The summed E-state index contributed by atoms with van der Waals surface area (Å²) in [6, 6.07) is 9.45. The summed E-state index contributed by atoms with van der Waals surface area (Å²) in [4.78, 5) is 4.39. The Morgan fingerprint density at radius 2 is 2.12 bits per heavy atom. The lowest BCUT2D eigenvalue weighted by molar-refractivity contribution is 0.318. The molecule has 1 saturated carbocycles. The van der Waals surface area contributed by atoms with Gasteiger partial charge in [-0.05, 0) is 42.0 Å². The van der Waals surface area contributed by atoms with Crippen LogP contribution in [-0.2, 0) is 6.42 Å². The van der Waals surface area contributed by atoms with Crippen molar-refractivity contribution in [1.82, 2.24) is 10.4 Å². The van der Waals surface area contributed by atoms with Crippen molar-refractivity contribution in [2.24, 2.45) is 5.10 Å². The zero-order chi connectivity index (χ0) is 17.1. The van der Waals surface area contributed by atoms with E-state index in [1.807, 2.05) is 36.4 Å². The van der Waals surface area contributed by atoms with Gasteiger partial charge in [0.1, 0.15) is 11.6 Å². The monoisotopic (exact) mass is 337 g/mol. The molecule has 2 aromatic rings. The summed E-state index contributed by atoms with van der Waals surface area (Å²) in [5.41, 5.74) is 6.24. The third kappa shape index (κ3) is 3.71. The number of hydrazone groups is 1. The zero-order valence-electron chi connectivity index (χ0n) is 13.9. The number of rotatable bonds is 6. The van der Waals surface area contributed by atoms with E-state index in [1.54, 1.807) is 12.4 Å². The molecule has 2 aliphatic rings. The lowest BCUT2D eigenvalue weighted by atomic mass is 10.0. The average Bonchev–Trinajstić information content (AvgIpc) is 3.50. The Morgan fingerprint density at radius 1 is 1.20 bits per heavy atom. The number of halogens is 1. The van der Waals surface area contributed by atoms with Gasteiger partial charge in [0.15, 0.2) is 0 Å². The number of benzene rings is 1. The van der Waals surface area contributed by atoms with Crippen LogP contribution in [0.15, 0.2) is 47.7 Å². The fourth-order valence-corrected chi connectivity index (χ4v) is 2.95. The number of ether oxygens (including phenoxy) is 1. The number of hydrogen-bond acceptors (Lipinski definition) is 4. The Bertz CT molecular complexity index is 810. The van der Waals surface area contributed by atoms with E-state index in [2.05, 4.69) is 15.5 Å². The molecule has 1 N–H and O–H groups in total. The SMILES string of the molecule is Fc1c(CCOc2ccc(C3=CCC=NN3)nc2)cccc1C1CC1. The second-order valence-electron chi connectivity index (χ2n) is 6.35. The first-order valence-corrected chi connectivity index (χ1v) is 8.65. The topological polar surface area (TPSA) is 46.5 Å². The second-order valence-corrected chi connectivity index (χ2v) is 6.35. The minimum absolute atomic E-state index is 0.0575. The van der Waals surface area contributed by atoms with Gasteiger partial charge in [-0.15, -0.1) is 0 Å². The van der Waals surface area contributed by atoms with Crippen LogP contribution in [0.1, 0.15) is 42.0 Å². The molecule has 1 aromatic heterocycles. The molecule has 4 nitrogen and oxygen atoms in total. The molecule has 0 amide bonds. The summed E-state index contributed by atoms with van der Waals surface area (Å²) in [5.74, 6) is 1.05. The van der Waals surface area contributed by atoms with E-state index < -0.39 is 0 Å². The number of aromatic nitrogens is 1. The van der Waals surface area contributed by atoms with Crippen LogP contribution >= 0.6 is 0 Å². The van der Waals surface area contributed by atoms with E-state index in [9.17, 15) is 4.39 Å². The van der Waals surface area contributed by atoms with Crippen molar-refractivity contribution in [3.63, 3.8) is 0 Å². The summed E-state index contributed by atoms with van der Waals surface area (Å²) in [6.07, 6.45) is 9.08. The molecular weight excluding hydrogens is 317 g/mol. The van der Waals surface area contributed by atoms with E-state index in [0.29, 0.717) is 24.7 Å². The molecule has 0 bridgehead atoms. The van der Waals surface area contributed by atoms with Crippen LogP contribution in [0.2, 0.25) is 0 Å². The number of allylic oxidation sites excluding steroid dienone is 1. The van der Waals surface area contributed by atoms with Gasteiger partial charge in [0.2, 0.25) is 0 Å². The van der Waals surface area contributed by atoms with Crippen LogP contribution in [0.5, 0.6) is 5.75 Å². The van der Waals surface area contributed by atoms with Gasteiger partial charge in [-0.2, -0.15) is 5.10 Å². The molecule has 25 heavy (non-hydrogen) atoms. The zero-order valence-corrected chi connectivity index (χ0v) is 13.9. The van der Waals surface area contributed by atoms with Gasteiger partial charge < -0.3 is 4.74 Å². The largest absolute Gasteiger partial charge is 0.492 e. The average molecular weight is 337 g/mol. The predicted molar refractivity (Wildman–Crippen MR) is 96.0 cm³/mol. The fraction of sp³-hybridized carbons (Fsp3) is 0.300. The Balaban J connectivity index is 1.34. The maximum absolute atomic E-state index is 14.5. The summed E-state index contributed by atoms with van der Waals surface area (Å²) < 4.78 is 20.2. The number of pyridine rings is 1. The van der Waals surface area contributed by atoms with Crippen molar-refractivity contribution in [2.75, 3.05) is 6.61 Å². The van der Waals surface area contributed by atoms with Crippen LogP contribution in [-0.4, -0.2) is 17.8 Å². The first kappa shape index (κ1) is 15.8. The van der Waals surface area contributed by atoms with Gasteiger partial charge in [-0.3, -0.25) is 10.4 Å². The smallest absolute Gasteiger partial charge is 0.137 e. The standard InChI is InChI=1S/C20H20FN3O/c21-20-15(3-1-4-17(20)14-6-7-14)10-12-25-16-8-9-18(22-13-16)19-5-2-11-23-24-19/h1,3-5,8-9,11,13-14,24H,2,6-7,10,12H2. The van der Waals surface area contributed by atoms with Crippen molar-refractivity contribution in [3.8, 4) is 5.75 Å². The number of nitrogens with zero attached hydrogens (tertiary/aromatic N) is 2. The molecule has 0 saturated heterocycles. The maximum Gasteiger partial charge on any atom is 0.137 e. The molecule has 5 heteroatoms. The van der Waals surface area contributed by atoms with Crippen LogP contribution < -0.4 is 10.2 Å². The Labute approximate surface area is 146 Å². The van der Waals surface area contributed by atoms with E-state index in [1.165, 1.54) is 0 Å². The van der Waals surface area contributed by atoms with Crippen LogP contribution in [0, 0.1) is 5.82 Å². The lowest BCUT2D eigenvalue weighted by Gasteiger charge is -2.11. The Hall–Kier alpha value is -2.69. The van der Waals surface area contributed by atoms with Crippen LogP contribution in [0.4, 0.5) is 4.39 Å². The van der Waals surface area contributed by atoms with Crippen LogP contribution in [0.3, 0.4) is 0 Å². The minimum atomic E-state index is -0.0575. The molecular formula is C20H20FN3O. The highest BCUT2D eigenvalue weighted by atomic mass is 19.1. The fourth-order valence-electron chi connectivity index (χ4n) is 2.95. The van der Waals surface area contributed by atoms with Gasteiger partial charge >= 0.3 is 0 Å².